The summed E-state index contributed by atoms with van der Waals surface area (Å²) < 4.78 is 27.8. The zero-order chi connectivity index (χ0) is 21.4. The van der Waals surface area contributed by atoms with E-state index in [2.05, 4.69) is 36.2 Å². The van der Waals surface area contributed by atoms with Gasteiger partial charge in [-0.25, -0.2) is 14.4 Å². The van der Waals surface area contributed by atoms with Gasteiger partial charge in [0.2, 0.25) is 0 Å². The Labute approximate surface area is 187 Å². The van der Waals surface area contributed by atoms with Crippen LogP contribution in [0, 0.1) is 11.7 Å². The van der Waals surface area contributed by atoms with Crippen LogP contribution in [0.3, 0.4) is 0 Å². The van der Waals surface area contributed by atoms with Crippen LogP contribution in [0.5, 0.6) is 5.75 Å². The quantitative estimate of drug-likeness (QED) is 0.397. The number of hydrogen-bond donors (Lipinski definition) is 1. The van der Waals surface area contributed by atoms with Gasteiger partial charge in [0.1, 0.15) is 24.0 Å². The lowest BCUT2D eigenvalue weighted by molar-refractivity contribution is 0.124. The van der Waals surface area contributed by atoms with Gasteiger partial charge >= 0.3 is 0 Å². The number of nitrogens with one attached hydrogen (secondary N) is 1. The number of ether oxygens (including phenoxy) is 2. The number of rotatable bonds is 5. The van der Waals surface area contributed by atoms with Crippen LogP contribution in [-0.4, -0.2) is 34.3 Å². The van der Waals surface area contributed by atoms with Crippen molar-refractivity contribution < 1.29 is 13.9 Å². The highest BCUT2D eigenvalue weighted by molar-refractivity contribution is 9.10. The van der Waals surface area contributed by atoms with Crippen LogP contribution in [0.4, 0.5) is 15.9 Å². The summed E-state index contributed by atoms with van der Waals surface area (Å²) in [6.07, 6.45) is 4.02. The zero-order valence-corrected chi connectivity index (χ0v) is 18.4. The van der Waals surface area contributed by atoms with Crippen LogP contribution in [0.15, 0.2) is 53.4 Å². The molecule has 1 saturated heterocycles. The molecule has 3 heterocycles. The van der Waals surface area contributed by atoms with E-state index in [9.17, 15) is 0 Å². The maximum atomic E-state index is 15.1. The van der Waals surface area contributed by atoms with E-state index in [0.717, 1.165) is 17.5 Å². The van der Waals surface area contributed by atoms with Crippen molar-refractivity contribution in [3.05, 3.63) is 59.2 Å². The first-order chi connectivity index (χ1) is 15.1. The van der Waals surface area contributed by atoms with Gasteiger partial charge in [-0.2, -0.15) is 0 Å². The molecule has 2 aromatic heterocycles. The number of halogens is 2. The van der Waals surface area contributed by atoms with Gasteiger partial charge in [0.15, 0.2) is 5.82 Å². The fourth-order valence-corrected chi connectivity index (χ4v) is 4.29. The van der Waals surface area contributed by atoms with Gasteiger partial charge in [-0.1, -0.05) is 15.9 Å². The van der Waals surface area contributed by atoms with Gasteiger partial charge in [-0.15, -0.1) is 0 Å². The molecule has 0 bridgehead atoms. The summed E-state index contributed by atoms with van der Waals surface area (Å²) in [4.78, 5) is 13.0. The first-order valence-electron chi connectivity index (χ1n) is 10.1. The van der Waals surface area contributed by atoms with Crippen molar-refractivity contribution in [2.24, 2.45) is 5.92 Å². The molecule has 158 valence electrons. The van der Waals surface area contributed by atoms with Crippen LogP contribution in [0.2, 0.25) is 0 Å². The Morgan fingerprint density at radius 1 is 1.19 bits per heavy atom. The van der Waals surface area contributed by atoms with Crippen molar-refractivity contribution in [3.63, 3.8) is 0 Å². The molecule has 6 nitrogen and oxygen atoms in total. The van der Waals surface area contributed by atoms with Crippen molar-refractivity contribution >= 4 is 49.2 Å². The Kier molecular flexibility index (Phi) is 5.41. The summed E-state index contributed by atoms with van der Waals surface area (Å²) in [5.74, 6) is 1.05. The summed E-state index contributed by atoms with van der Waals surface area (Å²) in [5.41, 5.74) is 1.60. The smallest absolute Gasteiger partial charge is 0.156 e. The number of nitrogens with zero attached hydrogens (tertiary/aromatic N) is 3. The molecule has 8 heteroatoms. The molecule has 0 aliphatic carbocycles. The highest BCUT2D eigenvalue weighted by Gasteiger charge is 2.25. The molecular weight excluding hydrogens is 463 g/mol. The molecule has 0 spiro atoms. The fraction of sp³-hybridized carbons (Fsp3) is 0.261. The van der Waals surface area contributed by atoms with Crippen LogP contribution >= 0.6 is 15.9 Å². The number of pyridine rings is 1. The third kappa shape index (κ3) is 3.93. The molecule has 5 rings (SSSR count). The van der Waals surface area contributed by atoms with Crippen molar-refractivity contribution in [2.75, 3.05) is 18.5 Å². The monoisotopic (exact) mass is 482 g/mol. The highest BCUT2D eigenvalue weighted by Crippen LogP contribution is 2.37. The summed E-state index contributed by atoms with van der Waals surface area (Å²) in [7, 11) is 0. The van der Waals surface area contributed by atoms with Crippen LogP contribution in [0.1, 0.15) is 13.3 Å². The minimum Gasteiger partial charge on any atom is -0.489 e. The normalized spacial score (nSPS) is 17.2. The zero-order valence-electron chi connectivity index (χ0n) is 16.8. The van der Waals surface area contributed by atoms with Crippen molar-refractivity contribution in [1.82, 2.24) is 15.0 Å². The van der Waals surface area contributed by atoms with Gasteiger partial charge < -0.3 is 14.8 Å². The molecule has 0 saturated carbocycles. The molecule has 31 heavy (non-hydrogen) atoms. The van der Waals surface area contributed by atoms with Crippen LogP contribution in [0.25, 0.3) is 21.8 Å². The van der Waals surface area contributed by atoms with E-state index in [1.54, 1.807) is 30.5 Å². The fourth-order valence-electron chi connectivity index (χ4n) is 3.87. The molecule has 0 amide bonds. The summed E-state index contributed by atoms with van der Waals surface area (Å²) in [6, 6.07) is 10.6. The Morgan fingerprint density at radius 2 is 2.10 bits per heavy atom. The largest absolute Gasteiger partial charge is 0.489 e. The van der Waals surface area contributed by atoms with Gasteiger partial charge in [0, 0.05) is 28.6 Å². The van der Waals surface area contributed by atoms with E-state index in [1.807, 2.05) is 19.1 Å². The van der Waals surface area contributed by atoms with E-state index in [0.29, 0.717) is 51.6 Å². The molecule has 1 unspecified atom stereocenters. The SMILES string of the molecule is C[C@@H](Oc1cc(Br)cc2ncnc(Nc3ccc4ncccc4c3F)c12)C1CCOC1. The number of aromatic nitrogens is 3. The molecule has 1 aliphatic rings. The van der Waals surface area contributed by atoms with Gasteiger partial charge in [-0.3, -0.25) is 4.98 Å². The third-order valence-electron chi connectivity index (χ3n) is 5.58. The molecule has 4 aromatic rings. The summed E-state index contributed by atoms with van der Waals surface area (Å²) in [6.45, 7) is 3.48. The van der Waals surface area contributed by atoms with E-state index in [-0.39, 0.29) is 11.9 Å². The second-order valence-electron chi connectivity index (χ2n) is 7.59. The average molecular weight is 483 g/mol. The predicted molar refractivity (Wildman–Crippen MR) is 121 cm³/mol. The number of benzene rings is 2. The van der Waals surface area contributed by atoms with Gasteiger partial charge in [0.05, 0.1) is 28.7 Å². The Hall–Kier alpha value is -2.84. The average Bonchev–Trinajstić information content (AvgIpc) is 3.31. The van der Waals surface area contributed by atoms with E-state index in [1.165, 1.54) is 6.33 Å². The molecular formula is C23H20BrFN4O2. The lowest BCUT2D eigenvalue weighted by Crippen LogP contribution is -2.24. The van der Waals surface area contributed by atoms with Crippen molar-refractivity contribution in [2.45, 2.75) is 19.4 Å². The maximum absolute atomic E-state index is 15.1. The molecule has 2 aromatic carbocycles. The second-order valence-corrected chi connectivity index (χ2v) is 8.50. The predicted octanol–water partition coefficient (Wildman–Crippen LogP) is 5.63. The lowest BCUT2D eigenvalue weighted by Gasteiger charge is -2.21. The maximum Gasteiger partial charge on any atom is 0.156 e. The first-order valence-corrected chi connectivity index (χ1v) is 10.9. The van der Waals surface area contributed by atoms with Crippen LogP contribution in [-0.2, 0) is 4.74 Å². The van der Waals surface area contributed by atoms with E-state index >= 15 is 4.39 Å². The van der Waals surface area contributed by atoms with Gasteiger partial charge in [-0.05, 0) is 49.7 Å². The number of anilines is 2. The van der Waals surface area contributed by atoms with Crippen molar-refractivity contribution in [1.29, 1.82) is 0 Å². The Morgan fingerprint density at radius 3 is 2.94 bits per heavy atom. The Balaban J connectivity index is 1.57. The van der Waals surface area contributed by atoms with Crippen molar-refractivity contribution in [3.8, 4) is 5.75 Å². The minimum absolute atomic E-state index is 0.0449. The standard InChI is InChI=1S/C23H20BrFN4O2/c1-13(14-6-8-30-11-14)31-20-10-15(24)9-19-21(20)23(28-12-27-19)29-18-5-4-17-16(22(18)25)3-2-7-26-17/h2-5,7,9-10,12-14H,6,8,11H2,1H3,(H,27,28,29)/t13-,14?/m1/s1. The summed E-state index contributed by atoms with van der Waals surface area (Å²) in [5, 5.41) is 4.28. The summed E-state index contributed by atoms with van der Waals surface area (Å²) >= 11 is 3.53. The Bertz CT molecular complexity index is 1260. The minimum atomic E-state index is -0.381. The van der Waals surface area contributed by atoms with Gasteiger partial charge in [0.25, 0.3) is 0 Å². The van der Waals surface area contributed by atoms with Crippen LogP contribution < -0.4 is 10.1 Å². The second kappa shape index (κ2) is 8.36. The topological polar surface area (TPSA) is 69.2 Å². The molecule has 2 atom stereocenters. The first kappa shape index (κ1) is 20.1. The van der Waals surface area contributed by atoms with E-state index < -0.39 is 0 Å². The molecule has 1 aliphatic heterocycles. The number of fused-ring (bicyclic) bond motifs is 2. The van der Waals surface area contributed by atoms with E-state index in [4.69, 9.17) is 9.47 Å². The molecule has 0 radical (unpaired) electrons. The highest BCUT2D eigenvalue weighted by atomic mass is 79.9. The number of hydrogen-bond acceptors (Lipinski definition) is 6. The molecule has 1 fully saturated rings. The lowest BCUT2D eigenvalue weighted by atomic mass is 10.0. The third-order valence-corrected chi connectivity index (χ3v) is 6.04. The molecule has 1 N–H and O–H groups in total.